The summed E-state index contributed by atoms with van der Waals surface area (Å²) >= 11 is 1.09. The summed E-state index contributed by atoms with van der Waals surface area (Å²) in [6.45, 7) is 1.31. The third-order valence-corrected chi connectivity index (χ3v) is 5.45. The van der Waals surface area contributed by atoms with Gasteiger partial charge in [0, 0.05) is 24.5 Å². The highest BCUT2D eigenvalue weighted by molar-refractivity contribution is 7.14. The number of nitrogens with one attached hydrogen (secondary N) is 1. The Labute approximate surface area is 165 Å². The zero-order chi connectivity index (χ0) is 20.1. The lowest BCUT2D eigenvalue weighted by molar-refractivity contribution is -0.0498. The summed E-state index contributed by atoms with van der Waals surface area (Å²) in [4.78, 5) is 15.5. The van der Waals surface area contributed by atoms with E-state index in [1.54, 1.807) is 19.1 Å². The molecule has 1 aromatic carbocycles. The number of alkyl halides is 2. The number of carbonyl (C=O) groups excluding carboxylic acids is 1. The zero-order valence-corrected chi connectivity index (χ0v) is 16.1. The minimum atomic E-state index is -3.01. The van der Waals surface area contributed by atoms with Crippen LogP contribution in [0.15, 0.2) is 30.3 Å². The van der Waals surface area contributed by atoms with E-state index >= 15 is 0 Å². The first-order chi connectivity index (χ1) is 13.4. The fourth-order valence-electron chi connectivity index (χ4n) is 3.16. The molecule has 1 aliphatic rings. The Kier molecular flexibility index (Phi) is 6.93. The first-order valence-corrected chi connectivity index (χ1v) is 9.66. The van der Waals surface area contributed by atoms with E-state index in [9.17, 15) is 18.0 Å². The van der Waals surface area contributed by atoms with E-state index < -0.39 is 12.5 Å². The molecule has 1 aliphatic heterocycles. The van der Waals surface area contributed by atoms with Crippen LogP contribution in [0.1, 0.15) is 26.2 Å². The van der Waals surface area contributed by atoms with Crippen LogP contribution in [-0.4, -0.2) is 50.3 Å². The molecule has 0 aliphatic carbocycles. The molecular formula is C19H21F3N2O3S. The van der Waals surface area contributed by atoms with Crippen molar-refractivity contribution in [1.82, 2.24) is 10.2 Å². The molecule has 3 rings (SSSR count). The Bertz CT molecular complexity index is 809. The Hall–Kier alpha value is -2.10. The second-order valence-electron chi connectivity index (χ2n) is 6.36. The summed E-state index contributed by atoms with van der Waals surface area (Å²) in [6, 6.07) is 7.38. The van der Waals surface area contributed by atoms with Crippen molar-refractivity contribution in [3.8, 4) is 5.75 Å². The smallest absolute Gasteiger partial charge is 0.387 e. The molecule has 0 spiro atoms. The molecule has 2 heterocycles. The highest BCUT2D eigenvalue weighted by Gasteiger charge is 2.25. The molecular weight excluding hydrogens is 393 g/mol. The molecule has 9 heteroatoms. The Balaban J connectivity index is 1.75. The van der Waals surface area contributed by atoms with Crippen LogP contribution in [0.3, 0.4) is 0 Å². The summed E-state index contributed by atoms with van der Waals surface area (Å²) in [6.07, 6.45) is 0. The number of rotatable bonds is 7. The molecule has 1 saturated heterocycles. The zero-order valence-electron chi connectivity index (χ0n) is 15.3. The SMILES string of the molecule is Cc1cc(OC(F)F)c(C(=O)NCC(c2cccc(F)c2)N2CCOCC2)s1. The number of nitrogens with zero attached hydrogens (tertiary/aromatic N) is 1. The highest BCUT2D eigenvalue weighted by Crippen LogP contribution is 2.30. The lowest BCUT2D eigenvalue weighted by Gasteiger charge is -2.35. The van der Waals surface area contributed by atoms with Gasteiger partial charge in [-0.15, -0.1) is 11.3 Å². The first kappa shape index (κ1) is 20.6. The lowest BCUT2D eigenvalue weighted by atomic mass is 10.0. The monoisotopic (exact) mass is 414 g/mol. The summed E-state index contributed by atoms with van der Waals surface area (Å²) < 4.78 is 48.7. The first-order valence-electron chi connectivity index (χ1n) is 8.84. The molecule has 2 aromatic rings. The van der Waals surface area contributed by atoms with Crippen molar-refractivity contribution in [2.45, 2.75) is 19.6 Å². The Morgan fingerprint density at radius 1 is 1.32 bits per heavy atom. The molecule has 1 atom stereocenters. The molecule has 152 valence electrons. The molecule has 1 fully saturated rings. The van der Waals surface area contributed by atoms with Gasteiger partial charge in [-0.05, 0) is 30.7 Å². The maximum absolute atomic E-state index is 13.7. The molecule has 0 saturated carbocycles. The second kappa shape index (κ2) is 9.40. The largest absolute Gasteiger partial charge is 0.433 e. The number of hydrogen-bond donors (Lipinski definition) is 1. The highest BCUT2D eigenvalue weighted by atomic mass is 32.1. The molecule has 0 radical (unpaired) electrons. The van der Waals surface area contributed by atoms with Gasteiger partial charge in [-0.2, -0.15) is 8.78 Å². The maximum atomic E-state index is 13.7. The third-order valence-electron chi connectivity index (χ3n) is 4.42. The maximum Gasteiger partial charge on any atom is 0.387 e. The molecule has 5 nitrogen and oxygen atoms in total. The average Bonchev–Trinajstić information content (AvgIpc) is 3.02. The van der Waals surface area contributed by atoms with Crippen LogP contribution in [0.2, 0.25) is 0 Å². The van der Waals surface area contributed by atoms with Crippen molar-refractivity contribution < 1.29 is 27.4 Å². The van der Waals surface area contributed by atoms with E-state index in [0.29, 0.717) is 31.2 Å². The number of morpholine rings is 1. The fraction of sp³-hybridized carbons (Fsp3) is 0.421. The van der Waals surface area contributed by atoms with Crippen molar-refractivity contribution in [1.29, 1.82) is 0 Å². The van der Waals surface area contributed by atoms with Crippen LogP contribution < -0.4 is 10.1 Å². The van der Waals surface area contributed by atoms with Gasteiger partial charge in [-0.1, -0.05) is 12.1 Å². The topological polar surface area (TPSA) is 50.8 Å². The van der Waals surface area contributed by atoms with Crippen LogP contribution in [0.4, 0.5) is 13.2 Å². The molecule has 1 amide bonds. The molecule has 1 aromatic heterocycles. The van der Waals surface area contributed by atoms with Gasteiger partial charge in [0.2, 0.25) is 0 Å². The lowest BCUT2D eigenvalue weighted by Crippen LogP contribution is -2.43. The third kappa shape index (κ3) is 5.24. The van der Waals surface area contributed by atoms with Crippen LogP contribution in [-0.2, 0) is 4.74 Å². The predicted octanol–water partition coefficient (Wildman–Crippen LogP) is 3.60. The fourth-order valence-corrected chi connectivity index (χ4v) is 4.02. The van der Waals surface area contributed by atoms with Gasteiger partial charge in [0.05, 0.1) is 19.3 Å². The van der Waals surface area contributed by atoms with Crippen LogP contribution in [0, 0.1) is 12.7 Å². The summed E-state index contributed by atoms with van der Waals surface area (Å²) in [5.41, 5.74) is 0.730. The van der Waals surface area contributed by atoms with Crippen LogP contribution >= 0.6 is 11.3 Å². The average molecular weight is 414 g/mol. The Morgan fingerprint density at radius 3 is 2.75 bits per heavy atom. The van der Waals surface area contributed by atoms with Gasteiger partial charge in [0.25, 0.3) is 5.91 Å². The second-order valence-corrected chi connectivity index (χ2v) is 7.61. The number of amides is 1. The van der Waals surface area contributed by atoms with Gasteiger partial charge < -0.3 is 14.8 Å². The van der Waals surface area contributed by atoms with E-state index in [4.69, 9.17) is 4.74 Å². The number of ether oxygens (including phenoxy) is 2. The van der Waals surface area contributed by atoms with E-state index in [1.165, 1.54) is 18.2 Å². The molecule has 28 heavy (non-hydrogen) atoms. The summed E-state index contributed by atoms with van der Waals surface area (Å²) in [5.74, 6) is -0.990. The van der Waals surface area contributed by atoms with Crippen molar-refractivity contribution in [3.63, 3.8) is 0 Å². The number of aryl methyl sites for hydroxylation is 1. The van der Waals surface area contributed by atoms with Gasteiger partial charge >= 0.3 is 6.61 Å². The van der Waals surface area contributed by atoms with E-state index in [-0.39, 0.29) is 29.0 Å². The van der Waals surface area contributed by atoms with Gasteiger partial charge in [0.1, 0.15) is 16.4 Å². The normalized spacial score (nSPS) is 16.2. The minimum Gasteiger partial charge on any atom is -0.433 e. The van der Waals surface area contributed by atoms with E-state index in [0.717, 1.165) is 16.9 Å². The standard InChI is InChI=1S/C19H21F3N2O3S/c1-12-9-16(27-19(21)22)17(28-12)18(25)23-11-15(24-5-7-26-8-6-24)13-3-2-4-14(20)10-13/h2-4,9-10,15,19H,5-8,11H2,1H3,(H,23,25). The number of carbonyl (C=O) groups is 1. The van der Waals surface area contributed by atoms with Gasteiger partial charge in [-0.3, -0.25) is 9.69 Å². The number of benzene rings is 1. The summed E-state index contributed by atoms with van der Waals surface area (Å²) in [7, 11) is 0. The van der Waals surface area contributed by atoms with Crippen molar-refractivity contribution in [2.24, 2.45) is 0 Å². The van der Waals surface area contributed by atoms with Crippen LogP contribution in [0.5, 0.6) is 5.75 Å². The van der Waals surface area contributed by atoms with E-state index in [2.05, 4.69) is 15.0 Å². The predicted molar refractivity (Wildman–Crippen MR) is 99.6 cm³/mol. The van der Waals surface area contributed by atoms with Gasteiger partial charge in [0.15, 0.2) is 0 Å². The molecule has 1 N–H and O–H groups in total. The number of hydrogen-bond acceptors (Lipinski definition) is 5. The van der Waals surface area contributed by atoms with Crippen molar-refractivity contribution in [2.75, 3.05) is 32.8 Å². The molecule has 0 bridgehead atoms. The van der Waals surface area contributed by atoms with Crippen molar-refractivity contribution >= 4 is 17.2 Å². The van der Waals surface area contributed by atoms with Crippen LogP contribution in [0.25, 0.3) is 0 Å². The Morgan fingerprint density at radius 2 is 2.07 bits per heavy atom. The molecule has 1 unspecified atom stereocenters. The quantitative estimate of drug-likeness (QED) is 0.752. The summed E-state index contributed by atoms with van der Waals surface area (Å²) in [5, 5.41) is 2.78. The number of halogens is 3. The van der Waals surface area contributed by atoms with E-state index in [1.807, 2.05) is 0 Å². The minimum absolute atomic E-state index is 0.0952. The van der Waals surface area contributed by atoms with Crippen molar-refractivity contribution in [3.05, 3.63) is 51.5 Å². The number of thiophene rings is 1. The van der Waals surface area contributed by atoms with Gasteiger partial charge in [-0.25, -0.2) is 4.39 Å².